The number of methoxy groups -OCH3 is 2. The molecular weight excluding hydrogens is 472 g/mol. The van der Waals surface area contributed by atoms with Crippen molar-refractivity contribution in [3.05, 3.63) is 41.0 Å². The minimum absolute atomic E-state index is 0.278. The van der Waals surface area contributed by atoms with E-state index in [1.165, 1.54) is 13.3 Å². The number of piperazine rings is 1. The fourth-order valence-corrected chi connectivity index (χ4v) is 3.87. The van der Waals surface area contributed by atoms with Crippen LogP contribution in [0.15, 0.2) is 30.5 Å². The number of nitriles is 1. The van der Waals surface area contributed by atoms with Crippen molar-refractivity contribution in [1.29, 1.82) is 5.26 Å². The van der Waals surface area contributed by atoms with Gasteiger partial charge in [0.1, 0.15) is 30.1 Å². The summed E-state index contributed by atoms with van der Waals surface area (Å²) in [5.41, 5.74) is 1.52. The number of anilines is 2. The monoisotopic (exact) mass is 498 g/mol. The molecule has 3 aromatic rings. The van der Waals surface area contributed by atoms with E-state index in [1.54, 1.807) is 31.4 Å². The lowest BCUT2D eigenvalue weighted by molar-refractivity contribution is -0.179. The van der Waals surface area contributed by atoms with Crippen LogP contribution in [0.5, 0.6) is 17.4 Å². The van der Waals surface area contributed by atoms with Gasteiger partial charge in [0.15, 0.2) is 11.5 Å². The van der Waals surface area contributed by atoms with E-state index < -0.39 is 0 Å². The van der Waals surface area contributed by atoms with Crippen molar-refractivity contribution in [2.75, 3.05) is 66.0 Å². The molecule has 0 atom stereocenters. The van der Waals surface area contributed by atoms with Gasteiger partial charge in [-0.1, -0.05) is 11.6 Å². The van der Waals surface area contributed by atoms with Crippen LogP contribution >= 0.6 is 11.6 Å². The van der Waals surface area contributed by atoms with Crippen LogP contribution in [0.2, 0.25) is 5.02 Å². The number of nitrogens with one attached hydrogen (secondary N) is 1. The average molecular weight is 499 g/mol. The molecule has 0 amide bonds. The van der Waals surface area contributed by atoms with E-state index in [0.717, 1.165) is 26.2 Å². The van der Waals surface area contributed by atoms with E-state index in [9.17, 15) is 5.26 Å². The lowest BCUT2D eigenvalue weighted by Gasteiger charge is -2.31. The molecule has 35 heavy (non-hydrogen) atoms. The third kappa shape index (κ3) is 5.83. The predicted octanol–water partition coefficient (Wildman–Crippen LogP) is 3.47. The van der Waals surface area contributed by atoms with Crippen molar-refractivity contribution in [2.24, 2.45) is 0 Å². The molecule has 10 nitrogen and oxygen atoms in total. The summed E-state index contributed by atoms with van der Waals surface area (Å²) in [5.74, 6) is 1.80. The summed E-state index contributed by atoms with van der Waals surface area (Å²) in [6.07, 6.45) is 1.50. The number of nitrogens with zero attached hydrogens (tertiary/aromatic N) is 5. The van der Waals surface area contributed by atoms with Crippen molar-refractivity contribution in [3.63, 3.8) is 0 Å². The van der Waals surface area contributed by atoms with Gasteiger partial charge in [0.05, 0.1) is 31.0 Å². The zero-order valence-corrected chi connectivity index (χ0v) is 20.6. The second kappa shape index (κ2) is 11.4. The Labute approximate surface area is 208 Å². The Bertz CT molecular complexity index is 1230. The molecule has 4 rings (SSSR count). The standard InChI is InChI=1S/C24H27ClN6O4/c1-30-6-8-31(9-7-30)35-11-10-34-21-13-19-17(12-20(21)32-2)23(16(14-26)15-27-19)28-22-5-4-18(25)24(29-22)33-3/h4-5,12-13,15H,6-11H2,1-3H3,(H,27,28,29). The lowest BCUT2D eigenvalue weighted by Crippen LogP contribution is -2.44. The molecule has 0 bridgehead atoms. The second-order valence-corrected chi connectivity index (χ2v) is 8.31. The van der Waals surface area contributed by atoms with Gasteiger partial charge in [-0.15, -0.1) is 0 Å². The zero-order valence-electron chi connectivity index (χ0n) is 19.9. The molecule has 0 radical (unpaired) electrons. The molecular formula is C24H27ClN6O4. The van der Waals surface area contributed by atoms with Crippen LogP contribution in [0, 0.1) is 11.3 Å². The SMILES string of the molecule is COc1cc2c(Nc3ccc(Cl)c(OC)n3)c(C#N)cnc2cc1OCCON1CCN(C)CC1. The van der Waals surface area contributed by atoms with Gasteiger partial charge in [-0.25, -0.2) is 0 Å². The lowest BCUT2D eigenvalue weighted by atomic mass is 10.1. The largest absolute Gasteiger partial charge is 0.493 e. The molecule has 0 aliphatic carbocycles. The fourth-order valence-electron chi connectivity index (χ4n) is 3.69. The van der Waals surface area contributed by atoms with Crippen molar-refractivity contribution in [1.82, 2.24) is 19.9 Å². The highest BCUT2D eigenvalue weighted by atomic mass is 35.5. The van der Waals surface area contributed by atoms with Crippen molar-refractivity contribution >= 4 is 34.0 Å². The summed E-state index contributed by atoms with van der Waals surface area (Å²) < 4.78 is 16.7. The summed E-state index contributed by atoms with van der Waals surface area (Å²) in [6.45, 7) is 4.46. The Kier molecular flexibility index (Phi) is 8.05. The Hall–Kier alpha value is -3.36. The van der Waals surface area contributed by atoms with Crippen LogP contribution in [-0.4, -0.2) is 80.6 Å². The first-order valence-corrected chi connectivity index (χ1v) is 11.5. The predicted molar refractivity (Wildman–Crippen MR) is 133 cm³/mol. The molecule has 1 fully saturated rings. The molecule has 11 heteroatoms. The quantitative estimate of drug-likeness (QED) is 0.441. The van der Waals surface area contributed by atoms with Crippen molar-refractivity contribution < 1.29 is 19.0 Å². The van der Waals surface area contributed by atoms with Crippen LogP contribution in [0.4, 0.5) is 11.5 Å². The van der Waals surface area contributed by atoms with Gasteiger partial charge in [0.2, 0.25) is 5.88 Å². The molecule has 0 spiro atoms. The molecule has 0 unspecified atom stereocenters. The van der Waals surface area contributed by atoms with Gasteiger partial charge in [-0.3, -0.25) is 9.82 Å². The van der Waals surface area contributed by atoms with Crippen LogP contribution < -0.4 is 19.5 Å². The number of benzene rings is 1. The van der Waals surface area contributed by atoms with Gasteiger partial charge < -0.3 is 24.4 Å². The maximum Gasteiger partial charge on any atom is 0.234 e. The minimum atomic E-state index is 0.278. The molecule has 1 N–H and O–H groups in total. The Morgan fingerprint density at radius 3 is 2.60 bits per heavy atom. The van der Waals surface area contributed by atoms with Gasteiger partial charge in [0.25, 0.3) is 0 Å². The van der Waals surface area contributed by atoms with Crippen LogP contribution in [-0.2, 0) is 4.84 Å². The number of rotatable bonds is 9. The Balaban J connectivity index is 1.54. The van der Waals surface area contributed by atoms with Crippen molar-refractivity contribution in [3.8, 4) is 23.4 Å². The topological polar surface area (TPSA) is 105 Å². The molecule has 3 heterocycles. The molecule has 1 aromatic carbocycles. The average Bonchev–Trinajstić information content (AvgIpc) is 2.88. The smallest absolute Gasteiger partial charge is 0.234 e. The number of hydrogen-bond acceptors (Lipinski definition) is 10. The van der Waals surface area contributed by atoms with E-state index in [0.29, 0.717) is 57.7 Å². The summed E-state index contributed by atoms with van der Waals surface area (Å²) in [6, 6.07) is 9.11. The van der Waals surface area contributed by atoms with Gasteiger partial charge in [-0.2, -0.15) is 15.3 Å². The Morgan fingerprint density at radius 2 is 1.89 bits per heavy atom. The number of aromatic nitrogens is 2. The molecule has 0 saturated carbocycles. The Morgan fingerprint density at radius 1 is 1.09 bits per heavy atom. The number of ether oxygens (including phenoxy) is 3. The van der Waals surface area contributed by atoms with E-state index in [-0.39, 0.29) is 5.88 Å². The summed E-state index contributed by atoms with van der Waals surface area (Å²) in [4.78, 5) is 16.9. The number of pyridine rings is 2. The highest BCUT2D eigenvalue weighted by Gasteiger charge is 2.17. The van der Waals surface area contributed by atoms with E-state index in [2.05, 4.69) is 33.3 Å². The molecule has 1 aliphatic heterocycles. The summed E-state index contributed by atoms with van der Waals surface area (Å²) >= 11 is 6.09. The molecule has 184 valence electrons. The highest BCUT2D eigenvalue weighted by molar-refractivity contribution is 6.31. The van der Waals surface area contributed by atoms with Crippen molar-refractivity contribution in [2.45, 2.75) is 0 Å². The van der Waals surface area contributed by atoms with Crippen LogP contribution in [0.1, 0.15) is 5.56 Å². The first-order valence-electron chi connectivity index (χ1n) is 11.1. The maximum absolute atomic E-state index is 9.67. The van der Waals surface area contributed by atoms with Crippen LogP contribution in [0.25, 0.3) is 10.9 Å². The van der Waals surface area contributed by atoms with Gasteiger partial charge >= 0.3 is 0 Å². The normalized spacial score (nSPS) is 14.5. The second-order valence-electron chi connectivity index (χ2n) is 7.91. The number of likely N-dealkylation sites (N-methyl/N-ethyl adjacent to an activating group) is 1. The zero-order chi connectivity index (χ0) is 24.8. The third-order valence-corrected chi connectivity index (χ3v) is 5.90. The minimum Gasteiger partial charge on any atom is -0.493 e. The van der Waals surface area contributed by atoms with Gasteiger partial charge in [-0.05, 0) is 25.2 Å². The van der Waals surface area contributed by atoms with E-state index >= 15 is 0 Å². The number of halogens is 1. The van der Waals surface area contributed by atoms with Gasteiger partial charge in [0, 0.05) is 43.8 Å². The molecule has 1 aliphatic rings. The van der Waals surface area contributed by atoms with E-state index in [4.69, 9.17) is 30.6 Å². The fraction of sp³-hybridized carbons (Fsp3) is 0.375. The first-order chi connectivity index (χ1) is 17.0. The summed E-state index contributed by atoms with van der Waals surface area (Å²) in [7, 11) is 5.15. The van der Waals surface area contributed by atoms with E-state index in [1.807, 2.05) is 5.06 Å². The highest BCUT2D eigenvalue weighted by Crippen LogP contribution is 2.37. The van der Waals surface area contributed by atoms with Crippen LogP contribution in [0.3, 0.4) is 0 Å². The molecule has 2 aromatic heterocycles. The number of hydrogen-bond donors (Lipinski definition) is 1. The summed E-state index contributed by atoms with van der Waals surface area (Å²) in [5, 5.41) is 15.9. The third-order valence-electron chi connectivity index (χ3n) is 5.61. The number of fused-ring (bicyclic) bond motifs is 1. The first kappa shape index (κ1) is 24.8. The maximum atomic E-state index is 9.67. The number of hydroxylamine groups is 2. The molecule has 1 saturated heterocycles.